The van der Waals surface area contributed by atoms with Crippen LogP contribution in [0, 0.1) is 5.82 Å². The molecule has 30 heavy (non-hydrogen) atoms. The molecule has 5 heteroatoms. The fourth-order valence-corrected chi connectivity index (χ4v) is 3.74. The number of Topliss-reactive ketones (excluding diaryl/α,β-unsaturated/α-hetero) is 1. The SMILES string of the molecule is O=C1C(=O)N(CCc2ccc(F)cc2)C(c2ccccc2)/C1=C(\O)c1ccccc1. The van der Waals surface area contributed by atoms with Crippen LogP contribution in [0.4, 0.5) is 4.39 Å². The molecule has 0 aliphatic carbocycles. The Morgan fingerprint density at radius 3 is 2.10 bits per heavy atom. The molecule has 1 heterocycles. The zero-order chi connectivity index (χ0) is 21.1. The first-order chi connectivity index (χ1) is 14.6. The second kappa shape index (κ2) is 8.33. The Bertz CT molecular complexity index is 1090. The third kappa shape index (κ3) is 3.74. The Labute approximate surface area is 173 Å². The molecule has 1 fully saturated rings. The maximum Gasteiger partial charge on any atom is 0.295 e. The molecule has 150 valence electrons. The highest BCUT2D eigenvalue weighted by Gasteiger charge is 2.45. The monoisotopic (exact) mass is 401 g/mol. The van der Waals surface area contributed by atoms with Crippen molar-refractivity contribution in [3.05, 3.63) is 113 Å². The number of aliphatic hydroxyl groups excluding tert-OH is 1. The van der Waals surface area contributed by atoms with Crippen molar-refractivity contribution in [2.45, 2.75) is 12.5 Å². The molecule has 4 nitrogen and oxygen atoms in total. The van der Waals surface area contributed by atoms with Gasteiger partial charge in [0.2, 0.25) is 0 Å². The minimum absolute atomic E-state index is 0.0801. The van der Waals surface area contributed by atoms with Crippen molar-refractivity contribution >= 4 is 17.4 Å². The van der Waals surface area contributed by atoms with Crippen molar-refractivity contribution in [2.75, 3.05) is 6.54 Å². The Kier molecular flexibility index (Phi) is 5.44. The van der Waals surface area contributed by atoms with Crippen LogP contribution < -0.4 is 0 Å². The summed E-state index contributed by atoms with van der Waals surface area (Å²) in [6, 6.07) is 23.3. The van der Waals surface area contributed by atoms with Gasteiger partial charge in [0.15, 0.2) is 0 Å². The van der Waals surface area contributed by atoms with Gasteiger partial charge in [0, 0.05) is 12.1 Å². The second-order valence-electron chi connectivity index (χ2n) is 7.15. The lowest BCUT2D eigenvalue weighted by atomic mass is 9.95. The van der Waals surface area contributed by atoms with Crippen LogP contribution in [0.3, 0.4) is 0 Å². The Morgan fingerprint density at radius 2 is 1.47 bits per heavy atom. The minimum atomic E-state index is -0.704. The lowest BCUT2D eigenvalue weighted by Gasteiger charge is -2.25. The van der Waals surface area contributed by atoms with Gasteiger partial charge in [0.25, 0.3) is 11.7 Å². The maximum absolute atomic E-state index is 13.2. The maximum atomic E-state index is 13.2. The van der Waals surface area contributed by atoms with Crippen molar-refractivity contribution < 1.29 is 19.1 Å². The number of benzene rings is 3. The fourth-order valence-electron chi connectivity index (χ4n) is 3.74. The van der Waals surface area contributed by atoms with Crippen molar-refractivity contribution in [3.63, 3.8) is 0 Å². The summed E-state index contributed by atoms with van der Waals surface area (Å²) in [4.78, 5) is 27.3. The second-order valence-corrected chi connectivity index (χ2v) is 7.15. The molecule has 1 amide bonds. The number of hydrogen-bond donors (Lipinski definition) is 1. The molecule has 1 aliphatic heterocycles. The summed E-state index contributed by atoms with van der Waals surface area (Å²) in [5, 5.41) is 10.9. The molecule has 1 N–H and O–H groups in total. The van der Waals surface area contributed by atoms with Crippen molar-refractivity contribution in [1.29, 1.82) is 0 Å². The van der Waals surface area contributed by atoms with Gasteiger partial charge in [0.1, 0.15) is 11.6 Å². The van der Waals surface area contributed by atoms with E-state index in [0.717, 1.165) is 11.1 Å². The predicted molar refractivity (Wildman–Crippen MR) is 112 cm³/mol. The third-order valence-corrected chi connectivity index (χ3v) is 5.26. The van der Waals surface area contributed by atoms with Gasteiger partial charge in [0.05, 0.1) is 11.6 Å². The molecule has 0 bridgehead atoms. The molecule has 1 unspecified atom stereocenters. The molecule has 0 spiro atoms. The van der Waals surface area contributed by atoms with Gasteiger partial charge < -0.3 is 10.0 Å². The lowest BCUT2D eigenvalue weighted by molar-refractivity contribution is -0.139. The van der Waals surface area contributed by atoms with Gasteiger partial charge in [-0.15, -0.1) is 0 Å². The van der Waals surface area contributed by atoms with Crippen molar-refractivity contribution in [1.82, 2.24) is 4.90 Å². The van der Waals surface area contributed by atoms with E-state index in [-0.39, 0.29) is 23.7 Å². The van der Waals surface area contributed by atoms with Crippen LogP contribution in [0.1, 0.15) is 22.7 Å². The first-order valence-electron chi connectivity index (χ1n) is 9.69. The fraction of sp³-hybridized carbons (Fsp3) is 0.120. The van der Waals surface area contributed by atoms with Gasteiger partial charge in [-0.1, -0.05) is 72.8 Å². The number of nitrogens with zero attached hydrogens (tertiary/aromatic N) is 1. The van der Waals surface area contributed by atoms with E-state index in [1.807, 2.05) is 36.4 Å². The Balaban J connectivity index is 1.74. The first-order valence-corrected chi connectivity index (χ1v) is 9.69. The predicted octanol–water partition coefficient (Wildman–Crippen LogP) is 4.49. The van der Waals surface area contributed by atoms with Crippen LogP contribution in [-0.2, 0) is 16.0 Å². The average Bonchev–Trinajstić information content (AvgIpc) is 3.04. The summed E-state index contributed by atoms with van der Waals surface area (Å²) in [6.45, 7) is 0.265. The summed E-state index contributed by atoms with van der Waals surface area (Å²) in [5.74, 6) is -1.87. The van der Waals surface area contributed by atoms with Crippen molar-refractivity contribution in [3.8, 4) is 0 Å². The van der Waals surface area contributed by atoms with Gasteiger partial charge in [-0.05, 0) is 29.7 Å². The average molecular weight is 401 g/mol. The number of aliphatic hydroxyl groups is 1. The summed E-state index contributed by atoms with van der Waals surface area (Å²) in [5.41, 5.74) is 2.16. The van der Waals surface area contributed by atoms with Gasteiger partial charge in [-0.3, -0.25) is 9.59 Å². The van der Waals surface area contributed by atoms with Crippen LogP contribution in [0.15, 0.2) is 90.5 Å². The summed E-state index contributed by atoms with van der Waals surface area (Å²) in [7, 11) is 0. The van der Waals surface area contributed by atoms with Crippen molar-refractivity contribution in [2.24, 2.45) is 0 Å². The van der Waals surface area contributed by atoms with Crippen LogP contribution >= 0.6 is 0 Å². The van der Waals surface area contributed by atoms with Gasteiger partial charge in [-0.2, -0.15) is 0 Å². The molecular weight excluding hydrogens is 381 g/mol. The van der Waals surface area contributed by atoms with Crippen LogP contribution in [0.5, 0.6) is 0 Å². The van der Waals surface area contributed by atoms with E-state index in [1.54, 1.807) is 36.4 Å². The van der Waals surface area contributed by atoms with E-state index in [2.05, 4.69) is 0 Å². The summed E-state index contributed by atoms with van der Waals surface area (Å²) >= 11 is 0. The number of carbonyl (C=O) groups excluding carboxylic acids is 2. The summed E-state index contributed by atoms with van der Waals surface area (Å²) < 4.78 is 13.2. The molecule has 3 aromatic carbocycles. The van der Waals surface area contributed by atoms with E-state index < -0.39 is 17.7 Å². The van der Waals surface area contributed by atoms with Gasteiger partial charge >= 0.3 is 0 Å². The Morgan fingerprint density at radius 1 is 0.867 bits per heavy atom. The van der Waals surface area contributed by atoms with E-state index in [1.165, 1.54) is 17.0 Å². The minimum Gasteiger partial charge on any atom is -0.507 e. The smallest absolute Gasteiger partial charge is 0.295 e. The number of hydrogen-bond acceptors (Lipinski definition) is 3. The number of carbonyl (C=O) groups is 2. The van der Waals surface area contributed by atoms with Gasteiger partial charge in [-0.25, -0.2) is 4.39 Å². The molecule has 1 aliphatic rings. The van der Waals surface area contributed by atoms with Crippen LogP contribution in [0.25, 0.3) is 5.76 Å². The number of likely N-dealkylation sites (tertiary alicyclic amines) is 1. The Hall–Kier alpha value is -3.73. The molecule has 1 saturated heterocycles. The lowest BCUT2D eigenvalue weighted by Crippen LogP contribution is -2.31. The highest BCUT2D eigenvalue weighted by atomic mass is 19.1. The third-order valence-electron chi connectivity index (χ3n) is 5.26. The molecule has 1 atom stereocenters. The standard InChI is InChI=1S/C25H20FNO3/c26-20-13-11-17(12-14-20)15-16-27-22(18-7-3-1-4-8-18)21(24(29)25(27)30)23(28)19-9-5-2-6-10-19/h1-14,22,28H,15-16H2/b23-21+. The molecule has 4 rings (SSSR count). The number of rotatable bonds is 5. The van der Waals surface area contributed by atoms with E-state index in [9.17, 15) is 19.1 Å². The number of halogens is 1. The molecule has 0 saturated carbocycles. The topological polar surface area (TPSA) is 57.6 Å². The van der Waals surface area contributed by atoms with Crippen LogP contribution in [0.2, 0.25) is 0 Å². The quantitative estimate of drug-likeness (QED) is 0.389. The number of amides is 1. The molecule has 0 radical (unpaired) electrons. The largest absolute Gasteiger partial charge is 0.507 e. The van der Waals surface area contributed by atoms with E-state index in [4.69, 9.17) is 0 Å². The zero-order valence-electron chi connectivity index (χ0n) is 16.2. The first kappa shape index (κ1) is 19.6. The zero-order valence-corrected chi connectivity index (χ0v) is 16.2. The normalized spacial score (nSPS) is 18.0. The molecular formula is C25H20FNO3. The van der Waals surface area contributed by atoms with E-state index in [0.29, 0.717) is 12.0 Å². The van der Waals surface area contributed by atoms with Crippen LogP contribution in [-0.4, -0.2) is 28.2 Å². The highest BCUT2D eigenvalue weighted by Crippen LogP contribution is 2.39. The van der Waals surface area contributed by atoms with E-state index >= 15 is 0 Å². The molecule has 3 aromatic rings. The molecule has 0 aromatic heterocycles. The highest BCUT2D eigenvalue weighted by molar-refractivity contribution is 6.46. The number of ketones is 1. The summed E-state index contributed by atoms with van der Waals surface area (Å²) in [6.07, 6.45) is 0.460.